The second-order valence-electron chi connectivity index (χ2n) is 4.93. The number of aromatic nitrogens is 1. The molecule has 0 fully saturated rings. The zero-order valence-electron chi connectivity index (χ0n) is 12.3. The Hall–Kier alpha value is -1.48. The lowest BCUT2D eigenvalue weighted by atomic mass is 10.2. The topological polar surface area (TPSA) is 22.0 Å². The van der Waals surface area contributed by atoms with Crippen LogP contribution >= 0.6 is 11.8 Å². The van der Waals surface area contributed by atoms with Gasteiger partial charge in [-0.15, -0.1) is 0 Å². The molecule has 0 saturated carbocycles. The van der Waals surface area contributed by atoms with Gasteiger partial charge in [0.1, 0.15) is 0 Å². The van der Waals surface area contributed by atoms with Crippen LogP contribution in [0, 0.1) is 13.8 Å². The molecule has 2 rings (SSSR count). The first-order valence-corrected chi connectivity index (χ1v) is 8.16. The zero-order valence-corrected chi connectivity index (χ0v) is 13.2. The van der Waals surface area contributed by atoms with Crippen LogP contribution in [0.2, 0.25) is 0 Å². The number of ketones is 1. The molecule has 0 atom stereocenters. The zero-order chi connectivity index (χ0) is 14.5. The van der Waals surface area contributed by atoms with E-state index in [4.69, 9.17) is 0 Å². The van der Waals surface area contributed by atoms with Crippen LogP contribution in [0.25, 0.3) is 5.69 Å². The van der Waals surface area contributed by atoms with Crippen molar-refractivity contribution in [2.45, 2.75) is 27.2 Å². The van der Waals surface area contributed by atoms with Gasteiger partial charge in [-0.25, -0.2) is 0 Å². The smallest absolute Gasteiger partial charge is 0.174 e. The number of aryl methyl sites for hydroxylation is 1. The van der Waals surface area contributed by atoms with E-state index in [1.54, 1.807) is 11.8 Å². The summed E-state index contributed by atoms with van der Waals surface area (Å²) in [5, 5.41) is 0. The van der Waals surface area contributed by atoms with Gasteiger partial charge in [-0.05, 0) is 44.2 Å². The van der Waals surface area contributed by atoms with Crippen molar-refractivity contribution >= 4 is 17.5 Å². The fourth-order valence-electron chi connectivity index (χ4n) is 2.41. The highest BCUT2D eigenvalue weighted by molar-refractivity contribution is 7.99. The van der Waals surface area contributed by atoms with E-state index in [1.807, 2.05) is 31.2 Å². The Morgan fingerprint density at radius 2 is 1.90 bits per heavy atom. The molecule has 0 amide bonds. The van der Waals surface area contributed by atoms with Crippen LogP contribution in [-0.2, 0) is 0 Å². The van der Waals surface area contributed by atoms with Gasteiger partial charge >= 0.3 is 0 Å². The Balaban J connectivity index is 2.27. The van der Waals surface area contributed by atoms with Gasteiger partial charge in [0.25, 0.3) is 0 Å². The number of Topliss-reactive ketones (excluding diaryl/α,β-unsaturated/α-hetero) is 1. The van der Waals surface area contributed by atoms with Crippen molar-refractivity contribution in [3.63, 3.8) is 0 Å². The van der Waals surface area contributed by atoms with Crippen LogP contribution in [0.1, 0.15) is 35.1 Å². The number of carbonyl (C=O) groups excluding carboxylic acids is 1. The lowest BCUT2D eigenvalue weighted by molar-refractivity contribution is 0.102. The molecular weight excluding hydrogens is 266 g/mol. The van der Waals surface area contributed by atoms with Crippen molar-refractivity contribution in [2.75, 3.05) is 11.5 Å². The largest absolute Gasteiger partial charge is 0.318 e. The van der Waals surface area contributed by atoms with Crippen molar-refractivity contribution < 1.29 is 4.79 Å². The van der Waals surface area contributed by atoms with Crippen molar-refractivity contribution in [1.82, 2.24) is 4.57 Å². The normalized spacial score (nSPS) is 10.8. The van der Waals surface area contributed by atoms with Gasteiger partial charge in [0.05, 0.1) is 5.75 Å². The predicted octanol–water partition coefficient (Wildman–Crippen LogP) is 4.42. The van der Waals surface area contributed by atoms with Gasteiger partial charge in [-0.3, -0.25) is 4.79 Å². The fourth-order valence-corrected chi connectivity index (χ4v) is 3.18. The molecule has 20 heavy (non-hydrogen) atoms. The van der Waals surface area contributed by atoms with E-state index in [1.165, 1.54) is 0 Å². The first kappa shape index (κ1) is 14.9. The van der Waals surface area contributed by atoms with Crippen LogP contribution < -0.4 is 0 Å². The Kier molecular flexibility index (Phi) is 5.07. The first-order chi connectivity index (χ1) is 9.65. The second-order valence-corrected chi connectivity index (χ2v) is 6.04. The number of rotatable bonds is 6. The minimum absolute atomic E-state index is 0.235. The fraction of sp³-hybridized carbons (Fsp3) is 0.353. The molecule has 0 aliphatic carbocycles. The molecule has 0 unspecified atom stereocenters. The van der Waals surface area contributed by atoms with Crippen molar-refractivity contribution in [3.8, 4) is 5.69 Å². The Labute approximate surface area is 125 Å². The number of hydrogen-bond acceptors (Lipinski definition) is 2. The summed E-state index contributed by atoms with van der Waals surface area (Å²) in [4.78, 5) is 12.3. The summed E-state index contributed by atoms with van der Waals surface area (Å²) >= 11 is 1.72. The molecule has 1 aromatic carbocycles. The van der Waals surface area contributed by atoms with E-state index in [9.17, 15) is 4.79 Å². The summed E-state index contributed by atoms with van der Waals surface area (Å²) in [5.41, 5.74) is 4.12. The second kappa shape index (κ2) is 6.80. The summed E-state index contributed by atoms with van der Waals surface area (Å²) < 4.78 is 2.15. The molecule has 2 aromatic rings. The summed E-state index contributed by atoms with van der Waals surface area (Å²) in [6, 6.07) is 12.2. The van der Waals surface area contributed by atoms with Crippen molar-refractivity contribution in [3.05, 3.63) is 53.3 Å². The third-order valence-corrected chi connectivity index (χ3v) is 4.49. The molecule has 106 valence electrons. The Morgan fingerprint density at radius 3 is 2.55 bits per heavy atom. The molecule has 3 heteroatoms. The molecule has 0 N–H and O–H groups in total. The highest BCUT2D eigenvalue weighted by Crippen LogP contribution is 2.22. The van der Waals surface area contributed by atoms with E-state index in [0.717, 1.165) is 34.8 Å². The molecular formula is C17H21NOS. The molecule has 0 aliphatic heterocycles. The van der Waals surface area contributed by atoms with Crippen molar-refractivity contribution in [1.29, 1.82) is 0 Å². The number of hydrogen-bond donors (Lipinski definition) is 0. The van der Waals surface area contributed by atoms with E-state index in [2.05, 4.69) is 30.5 Å². The van der Waals surface area contributed by atoms with Crippen LogP contribution in [0.3, 0.4) is 0 Å². The third-order valence-electron chi connectivity index (χ3n) is 3.33. The van der Waals surface area contributed by atoms with Gasteiger partial charge in [0.2, 0.25) is 0 Å². The number of para-hydroxylation sites is 1. The number of nitrogens with zero attached hydrogens (tertiary/aromatic N) is 1. The lowest BCUT2D eigenvalue weighted by Crippen LogP contribution is -2.05. The molecule has 1 heterocycles. The molecule has 0 bridgehead atoms. The standard InChI is InChI=1S/C17H21NOS/c1-4-10-20-12-17(19)16-11-13(2)18(14(16)3)15-8-6-5-7-9-15/h5-9,11H,4,10,12H2,1-3H3. The average Bonchev–Trinajstić information content (AvgIpc) is 2.75. The van der Waals surface area contributed by atoms with E-state index in [0.29, 0.717) is 5.75 Å². The molecule has 0 spiro atoms. The predicted molar refractivity (Wildman–Crippen MR) is 87.2 cm³/mol. The third kappa shape index (κ3) is 3.15. The maximum Gasteiger partial charge on any atom is 0.174 e. The summed E-state index contributed by atoms with van der Waals surface area (Å²) in [6.45, 7) is 6.21. The van der Waals surface area contributed by atoms with Gasteiger partial charge in [-0.2, -0.15) is 11.8 Å². The first-order valence-electron chi connectivity index (χ1n) is 7.00. The van der Waals surface area contributed by atoms with Crippen molar-refractivity contribution in [2.24, 2.45) is 0 Å². The van der Waals surface area contributed by atoms with Gasteiger partial charge in [0, 0.05) is 22.6 Å². The molecule has 1 aromatic heterocycles. The summed E-state index contributed by atoms with van der Waals surface area (Å²) in [7, 11) is 0. The van der Waals surface area contributed by atoms with E-state index >= 15 is 0 Å². The highest BCUT2D eigenvalue weighted by atomic mass is 32.2. The van der Waals surface area contributed by atoms with Crippen LogP contribution in [0.15, 0.2) is 36.4 Å². The summed E-state index contributed by atoms with van der Waals surface area (Å²) in [6.07, 6.45) is 1.11. The number of benzene rings is 1. The lowest BCUT2D eigenvalue weighted by Gasteiger charge is -2.09. The van der Waals surface area contributed by atoms with Crippen LogP contribution in [-0.4, -0.2) is 21.9 Å². The Morgan fingerprint density at radius 1 is 1.20 bits per heavy atom. The van der Waals surface area contributed by atoms with Crippen LogP contribution in [0.4, 0.5) is 0 Å². The monoisotopic (exact) mass is 287 g/mol. The summed E-state index contributed by atoms with van der Waals surface area (Å²) in [5.74, 6) is 1.86. The number of carbonyl (C=O) groups is 1. The SMILES string of the molecule is CCCSCC(=O)c1cc(C)n(-c2ccccc2)c1C. The molecule has 2 nitrogen and oxygen atoms in total. The Bertz CT molecular complexity index is 587. The number of thioether (sulfide) groups is 1. The quantitative estimate of drug-likeness (QED) is 0.579. The molecule has 0 radical (unpaired) electrons. The highest BCUT2D eigenvalue weighted by Gasteiger charge is 2.16. The van der Waals surface area contributed by atoms with E-state index in [-0.39, 0.29) is 5.78 Å². The minimum Gasteiger partial charge on any atom is -0.318 e. The van der Waals surface area contributed by atoms with Gasteiger partial charge in [0.15, 0.2) is 5.78 Å². The minimum atomic E-state index is 0.235. The van der Waals surface area contributed by atoms with Crippen LogP contribution in [0.5, 0.6) is 0 Å². The average molecular weight is 287 g/mol. The molecule has 0 aliphatic rings. The maximum atomic E-state index is 12.3. The van der Waals surface area contributed by atoms with Gasteiger partial charge < -0.3 is 4.57 Å². The van der Waals surface area contributed by atoms with Gasteiger partial charge in [-0.1, -0.05) is 25.1 Å². The van der Waals surface area contributed by atoms with E-state index < -0.39 is 0 Å². The molecule has 0 saturated heterocycles. The maximum absolute atomic E-state index is 12.3.